The maximum atomic E-state index is 13.4. The molecule has 0 amide bonds. The molecule has 0 saturated heterocycles. The van der Waals surface area contributed by atoms with Crippen molar-refractivity contribution in [1.29, 1.82) is 0 Å². The van der Waals surface area contributed by atoms with Gasteiger partial charge in [0.2, 0.25) is 0 Å². The summed E-state index contributed by atoms with van der Waals surface area (Å²) in [5.74, 6) is -1.82. The summed E-state index contributed by atoms with van der Waals surface area (Å²) in [4.78, 5) is 16.0. The van der Waals surface area contributed by atoms with E-state index in [0.29, 0.717) is 5.69 Å². The highest BCUT2D eigenvalue weighted by atomic mass is 19.1. The quantitative estimate of drug-likeness (QED) is 0.780. The first kappa shape index (κ1) is 12.4. The zero-order chi connectivity index (χ0) is 13.1. The van der Waals surface area contributed by atoms with Gasteiger partial charge < -0.3 is 0 Å². The Morgan fingerprint density at radius 1 is 1.28 bits per heavy atom. The summed E-state index contributed by atoms with van der Waals surface area (Å²) in [6.45, 7) is 1.82. The van der Waals surface area contributed by atoms with Crippen molar-refractivity contribution in [2.45, 2.75) is 13.3 Å². The van der Waals surface area contributed by atoms with E-state index in [1.54, 1.807) is 12.3 Å². The minimum absolute atomic E-state index is 0.0347. The normalized spacial score (nSPS) is 10.4. The molecular weight excluding hydrogens is 236 g/mol. The summed E-state index contributed by atoms with van der Waals surface area (Å²) >= 11 is 0. The van der Waals surface area contributed by atoms with E-state index in [0.717, 1.165) is 23.8 Å². The Morgan fingerprint density at radius 3 is 2.78 bits per heavy atom. The number of nitrogens with zero attached hydrogens (tertiary/aromatic N) is 1. The van der Waals surface area contributed by atoms with Crippen molar-refractivity contribution < 1.29 is 13.6 Å². The summed E-state index contributed by atoms with van der Waals surface area (Å²) in [6.07, 6.45) is 1.53. The topological polar surface area (TPSA) is 30.0 Å². The van der Waals surface area contributed by atoms with E-state index < -0.39 is 17.4 Å². The highest BCUT2D eigenvalue weighted by Crippen LogP contribution is 2.14. The number of Topliss-reactive ketones (excluding diaryl/α,β-unsaturated/α-hetero) is 1. The second kappa shape index (κ2) is 5.04. The van der Waals surface area contributed by atoms with Crippen LogP contribution >= 0.6 is 0 Å². The highest BCUT2D eigenvalue weighted by molar-refractivity contribution is 5.97. The van der Waals surface area contributed by atoms with Crippen molar-refractivity contribution in [3.8, 4) is 0 Å². The molecule has 2 rings (SSSR count). The number of hydrogen-bond acceptors (Lipinski definition) is 2. The van der Waals surface area contributed by atoms with Crippen molar-refractivity contribution >= 4 is 5.78 Å². The molecule has 1 aromatic heterocycles. The van der Waals surface area contributed by atoms with Gasteiger partial charge in [-0.15, -0.1) is 0 Å². The Bertz CT molecular complexity index is 596. The summed E-state index contributed by atoms with van der Waals surface area (Å²) < 4.78 is 26.4. The number of carbonyl (C=O) groups is 1. The Kier molecular flexibility index (Phi) is 3.46. The molecule has 0 N–H and O–H groups in total. The number of halogens is 2. The summed E-state index contributed by atoms with van der Waals surface area (Å²) in [7, 11) is 0. The molecule has 0 aliphatic rings. The Balaban J connectivity index is 2.28. The number of aryl methyl sites for hydroxylation is 1. The summed E-state index contributed by atoms with van der Waals surface area (Å²) in [6, 6.07) is 6.42. The van der Waals surface area contributed by atoms with Crippen LogP contribution in [0.5, 0.6) is 0 Å². The van der Waals surface area contributed by atoms with Crippen LogP contribution in [0.1, 0.15) is 21.6 Å². The fraction of sp³-hybridized carbons (Fsp3) is 0.143. The van der Waals surface area contributed by atoms with Crippen molar-refractivity contribution in [3.63, 3.8) is 0 Å². The molecule has 0 unspecified atom stereocenters. The second-order valence-corrected chi connectivity index (χ2v) is 3.99. The van der Waals surface area contributed by atoms with Crippen LogP contribution in [0.2, 0.25) is 0 Å². The molecule has 1 heterocycles. The van der Waals surface area contributed by atoms with Gasteiger partial charge in [0.05, 0.1) is 17.7 Å². The van der Waals surface area contributed by atoms with E-state index in [4.69, 9.17) is 0 Å². The number of benzene rings is 1. The fourth-order valence-electron chi connectivity index (χ4n) is 1.66. The molecule has 4 heteroatoms. The van der Waals surface area contributed by atoms with Crippen LogP contribution < -0.4 is 0 Å². The molecule has 0 bridgehead atoms. The van der Waals surface area contributed by atoms with Gasteiger partial charge in [0.25, 0.3) is 0 Å². The molecule has 1 aromatic carbocycles. The van der Waals surface area contributed by atoms with Gasteiger partial charge in [0, 0.05) is 6.20 Å². The van der Waals surface area contributed by atoms with Gasteiger partial charge in [-0.05, 0) is 36.8 Å². The largest absolute Gasteiger partial charge is 0.294 e. The van der Waals surface area contributed by atoms with Crippen molar-refractivity contribution in [1.82, 2.24) is 4.98 Å². The second-order valence-electron chi connectivity index (χ2n) is 3.99. The number of rotatable bonds is 3. The molecule has 0 spiro atoms. The van der Waals surface area contributed by atoms with Gasteiger partial charge in [-0.1, -0.05) is 6.07 Å². The van der Waals surface area contributed by atoms with E-state index in [1.165, 1.54) is 0 Å². The standard InChI is InChI=1S/C14H11F2NO/c1-9-3-2-6-17-13(9)8-14(18)11-7-10(15)4-5-12(11)16/h2-7H,8H2,1H3. The molecule has 92 valence electrons. The van der Waals surface area contributed by atoms with Gasteiger partial charge in [-0.2, -0.15) is 0 Å². The smallest absolute Gasteiger partial charge is 0.171 e. The van der Waals surface area contributed by atoms with E-state index in [2.05, 4.69) is 4.98 Å². The number of hydrogen-bond donors (Lipinski definition) is 0. The average Bonchev–Trinajstić information content (AvgIpc) is 2.35. The van der Waals surface area contributed by atoms with Gasteiger partial charge >= 0.3 is 0 Å². The van der Waals surface area contributed by atoms with Gasteiger partial charge in [0.15, 0.2) is 5.78 Å². The maximum absolute atomic E-state index is 13.4. The van der Waals surface area contributed by atoms with Crippen LogP contribution in [-0.2, 0) is 6.42 Å². The Hall–Kier alpha value is -2.10. The lowest BCUT2D eigenvalue weighted by Gasteiger charge is -2.05. The third kappa shape index (κ3) is 2.59. The molecule has 0 aliphatic heterocycles. The predicted octanol–water partition coefficient (Wildman–Crippen LogP) is 3.09. The molecular formula is C14H11F2NO. The molecule has 0 aliphatic carbocycles. The highest BCUT2D eigenvalue weighted by Gasteiger charge is 2.14. The predicted molar refractivity (Wildman–Crippen MR) is 63.4 cm³/mol. The number of ketones is 1. The van der Waals surface area contributed by atoms with Crippen LogP contribution in [0.15, 0.2) is 36.5 Å². The summed E-state index contributed by atoms with van der Waals surface area (Å²) in [5.41, 5.74) is 1.19. The lowest BCUT2D eigenvalue weighted by molar-refractivity contribution is 0.0987. The fourth-order valence-corrected chi connectivity index (χ4v) is 1.66. The maximum Gasteiger partial charge on any atom is 0.171 e. The molecule has 2 nitrogen and oxygen atoms in total. The zero-order valence-electron chi connectivity index (χ0n) is 9.78. The zero-order valence-corrected chi connectivity index (χ0v) is 9.78. The SMILES string of the molecule is Cc1cccnc1CC(=O)c1cc(F)ccc1F. The lowest BCUT2D eigenvalue weighted by atomic mass is 10.0. The van der Waals surface area contributed by atoms with Crippen LogP contribution in [0, 0.1) is 18.6 Å². The molecule has 0 radical (unpaired) electrons. The summed E-state index contributed by atoms with van der Waals surface area (Å²) in [5, 5.41) is 0. The first-order valence-electron chi connectivity index (χ1n) is 5.46. The Morgan fingerprint density at radius 2 is 2.06 bits per heavy atom. The van der Waals surface area contributed by atoms with E-state index in [9.17, 15) is 13.6 Å². The van der Waals surface area contributed by atoms with Crippen LogP contribution in [0.4, 0.5) is 8.78 Å². The van der Waals surface area contributed by atoms with E-state index in [1.807, 2.05) is 13.0 Å². The van der Waals surface area contributed by atoms with Gasteiger partial charge in [-0.3, -0.25) is 9.78 Å². The number of pyridine rings is 1. The molecule has 0 saturated carbocycles. The van der Waals surface area contributed by atoms with Gasteiger partial charge in [0.1, 0.15) is 11.6 Å². The van der Waals surface area contributed by atoms with E-state index >= 15 is 0 Å². The van der Waals surface area contributed by atoms with E-state index in [-0.39, 0.29) is 12.0 Å². The third-order valence-corrected chi connectivity index (χ3v) is 2.67. The minimum atomic E-state index is -0.713. The van der Waals surface area contributed by atoms with Crippen LogP contribution in [0.3, 0.4) is 0 Å². The van der Waals surface area contributed by atoms with Gasteiger partial charge in [-0.25, -0.2) is 8.78 Å². The first-order chi connectivity index (χ1) is 8.58. The number of carbonyl (C=O) groups excluding carboxylic acids is 1. The molecule has 0 fully saturated rings. The first-order valence-corrected chi connectivity index (χ1v) is 5.46. The Labute approximate surface area is 103 Å². The monoisotopic (exact) mass is 247 g/mol. The van der Waals surface area contributed by atoms with Crippen molar-refractivity contribution in [2.24, 2.45) is 0 Å². The average molecular weight is 247 g/mol. The van der Waals surface area contributed by atoms with Crippen molar-refractivity contribution in [3.05, 3.63) is 65.0 Å². The van der Waals surface area contributed by atoms with Crippen molar-refractivity contribution in [2.75, 3.05) is 0 Å². The molecule has 18 heavy (non-hydrogen) atoms. The molecule has 2 aromatic rings. The van der Waals surface area contributed by atoms with Crippen LogP contribution in [-0.4, -0.2) is 10.8 Å². The number of aromatic nitrogens is 1. The third-order valence-electron chi connectivity index (χ3n) is 2.67. The lowest BCUT2D eigenvalue weighted by Crippen LogP contribution is -2.09. The van der Waals surface area contributed by atoms with Crippen LogP contribution in [0.25, 0.3) is 0 Å². The molecule has 0 atom stereocenters. The minimum Gasteiger partial charge on any atom is -0.294 e.